The Kier molecular flexibility index (Phi) is 11.3. The van der Waals surface area contributed by atoms with Crippen LogP contribution in [0, 0.1) is 0 Å². The minimum atomic E-state index is -4.17. The highest BCUT2D eigenvalue weighted by Gasteiger charge is 2.14. The van der Waals surface area contributed by atoms with E-state index in [9.17, 15) is 27.7 Å². The Morgan fingerprint density at radius 1 is 1.00 bits per heavy atom. The van der Waals surface area contributed by atoms with Crippen molar-refractivity contribution in [2.24, 2.45) is 0 Å². The third kappa shape index (κ3) is 10.3. The average molecular weight is 526 g/mol. The van der Waals surface area contributed by atoms with Gasteiger partial charge in [-0.25, -0.2) is 4.72 Å². The van der Waals surface area contributed by atoms with Gasteiger partial charge in [0.15, 0.2) is 6.29 Å². The number of aliphatic hydroxyl groups excluding tert-OH is 1. The van der Waals surface area contributed by atoms with E-state index in [1.54, 1.807) is 31.0 Å². The molecular weight excluding hydrogens is 494 g/mol. The number of benzene rings is 1. The minimum Gasteiger partial charge on any atom is -0.412 e. The van der Waals surface area contributed by atoms with Gasteiger partial charge in [0.05, 0.1) is 5.75 Å². The van der Waals surface area contributed by atoms with Gasteiger partial charge in [0.1, 0.15) is 0 Å². The first kappa shape index (κ1) is 29.7. The summed E-state index contributed by atoms with van der Waals surface area (Å²) in [7, 11) is -5.36. The van der Waals surface area contributed by atoms with Crippen LogP contribution in [0.3, 0.4) is 0 Å². The zero-order valence-corrected chi connectivity index (χ0v) is 20.2. The summed E-state index contributed by atoms with van der Waals surface area (Å²) < 4.78 is 52.9. The van der Waals surface area contributed by atoms with Crippen molar-refractivity contribution in [3.05, 3.63) is 29.8 Å². The van der Waals surface area contributed by atoms with Crippen molar-refractivity contribution in [3.8, 4) is 0 Å². The Morgan fingerprint density at radius 3 is 2.18 bits per heavy atom. The highest BCUT2D eigenvalue weighted by atomic mass is 32.3. The zero-order chi connectivity index (χ0) is 24.6. The predicted octanol–water partition coefficient (Wildman–Crippen LogP) is -0.215. The molecule has 34 heavy (non-hydrogen) atoms. The lowest BCUT2D eigenvalue weighted by atomic mass is 10.2. The molecule has 0 fully saturated rings. The van der Waals surface area contributed by atoms with Gasteiger partial charge in [-0.05, 0) is 19.1 Å². The van der Waals surface area contributed by atoms with Gasteiger partial charge in [0, 0.05) is 43.7 Å². The highest BCUT2D eigenvalue weighted by Crippen LogP contribution is 2.31. The summed E-state index contributed by atoms with van der Waals surface area (Å²) in [6.07, 6.45) is -1.60. The van der Waals surface area contributed by atoms with Crippen LogP contribution in [0.4, 0.5) is 23.5 Å². The average Bonchev–Trinajstić information content (AvgIpc) is 2.73. The maximum atomic E-state index is 11.0. The smallest absolute Gasteiger partial charge is 0.266 e. The van der Waals surface area contributed by atoms with Gasteiger partial charge >= 0.3 is 0 Å². The second-order valence-corrected chi connectivity index (χ2v) is 10.7. The summed E-state index contributed by atoms with van der Waals surface area (Å²) in [6, 6.07) is 6.19. The van der Waals surface area contributed by atoms with Crippen LogP contribution in [0.1, 0.15) is 18.8 Å². The highest BCUT2D eigenvalue weighted by molar-refractivity contribution is 8.22. The summed E-state index contributed by atoms with van der Waals surface area (Å²) >= 11 is 0. The molecule has 0 atom stereocenters. The van der Waals surface area contributed by atoms with Crippen LogP contribution in [0.15, 0.2) is 24.3 Å². The van der Waals surface area contributed by atoms with E-state index in [0.29, 0.717) is 17.8 Å². The van der Waals surface area contributed by atoms with Gasteiger partial charge < -0.3 is 31.2 Å². The Labute approximate surface area is 198 Å². The predicted molar refractivity (Wildman–Crippen MR) is 130 cm³/mol. The lowest BCUT2D eigenvalue weighted by Gasteiger charge is -2.32. The zero-order valence-electron chi connectivity index (χ0n) is 18.6. The number of aliphatic hydroxyl groups is 2. The van der Waals surface area contributed by atoms with Crippen molar-refractivity contribution in [1.82, 2.24) is 19.7 Å². The number of anilines is 4. The number of nitrogens with zero attached hydrogens (tertiary/aromatic N) is 4. The fraction of sp³-hybridized carbons (Fsp3) is 0.471. The first-order valence-electron chi connectivity index (χ1n) is 9.78. The Balaban J connectivity index is 0.00000578. The largest absolute Gasteiger partial charge is 0.412 e. The van der Waals surface area contributed by atoms with Crippen LogP contribution in [0.5, 0.6) is 0 Å². The van der Waals surface area contributed by atoms with Gasteiger partial charge in [-0.2, -0.15) is 23.4 Å². The normalized spacial score (nSPS) is 12.2. The molecule has 0 radical (unpaired) electrons. The molecule has 0 spiro atoms. The number of hydrogen-bond donors (Lipinski definition) is 8. The van der Waals surface area contributed by atoms with Crippen LogP contribution in [-0.2, 0) is 10.1 Å². The fourth-order valence-corrected chi connectivity index (χ4v) is 3.39. The summed E-state index contributed by atoms with van der Waals surface area (Å²) in [5.41, 5.74) is 0.844. The number of hydrogen-bond acceptors (Lipinski definition) is 13. The molecule has 17 heteroatoms. The van der Waals surface area contributed by atoms with Gasteiger partial charge in [-0.3, -0.25) is 13.7 Å². The monoisotopic (exact) mass is 525 g/mol. The van der Waals surface area contributed by atoms with E-state index in [2.05, 4.69) is 30.3 Å². The van der Waals surface area contributed by atoms with Crippen LogP contribution in [-0.4, -0.2) is 90.9 Å². The molecule has 0 aliphatic heterocycles. The molecule has 194 valence electrons. The summed E-state index contributed by atoms with van der Waals surface area (Å²) in [5.74, 6) is -0.00422. The SMILES string of the molecule is CCS(O)(O)NCCN(C)c1nc(NCCS(=O)(=O)O)nc(Nc2ccc(C(O)O)cc2)n1.O. The first-order chi connectivity index (χ1) is 15.4. The topological polar surface area (TPSA) is 245 Å². The van der Waals surface area contributed by atoms with E-state index >= 15 is 0 Å². The molecule has 2 aromatic rings. The van der Waals surface area contributed by atoms with Gasteiger partial charge in [-0.15, -0.1) is 10.8 Å². The quantitative estimate of drug-likeness (QED) is 0.124. The van der Waals surface area contributed by atoms with Crippen LogP contribution < -0.4 is 20.3 Å². The summed E-state index contributed by atoms with van der Waals surface area (Å²) in [6.45, 7) is 2.05. The number of likely N-dealkylation sites (N-methyl/N-ethyl adjacent to an activating group) is 1. The first-order valence-corrected chi connectivity index (χ1v) is 13.1. The second kappa shape index (κ2) is 12.9. The van der Waals surface area contributed by atoms with E-state index in [0.717, 1.165) is 0 Å². The summed E-state index contributed by atoms with van der Waals surface area (Å²) in [5, 5.41) is 24.1. The molecule has 0 amide bonds. The molecule has 0 aliphatic rings. The van der Waals surface area contributed by atoms with E-state index in [-0.39, 0.29) is 42.2 Å². The maximum Gasteiger partial charge on any atom is 0.266 e. The van der Waals surface area contributed by atoms with Gasteiger partial charge in [0.25, 0.3) is 10.1 Å². The van der Waals surface area contributed by atoms with Crippen molar-refractivity contribution in [3.63, 3.8) is 0 Å². The Hall–Kier alpha value is -2.35. The lowest BCUT2D eigenvalue weighted by Crippen LogP contribution is -2.32. The van der Waals surface area contributed by atoms with E-state index in [4.69, 9.17) is 4.55 Å². The number of rotatable bonds is 13. The lowest BCUT2D eigenvalue weighted by molar-refractivity contribution is -0.0424. The second-order valence-electron chi connectivity index (χ2n) is 6.89. The summed E-state index contributed by atoms with van der Waals surface area (Å²) in [4.78, 5) is 14.4. The number of aromatic nitrogens is 3. The molecule has 10 N–H and O–H groups in total. The molecule has 1 aromatic carbocycles. The van der Waals surface area contributed by atoms with Crippen molar-refractivity contribution < 1.29 is 37.8 Å². The fourth-order valence-electron chi connectivity index (χ4n) is 2.41. The molecular formula is C17H31N7O8S2. The third-order valence-electron chi connectivity index (χ3n) is 4.26. The minimum absolute atomic E-state index is 0. The Bertz CT molecular complexity index is 1010. The standard InChI is InChI=1S/C17H29N7O7S2.H2O/c1-3-32(27,28)19-8-10-24(2)17-22-15(18-9-11-33(29,30)31)21-16(23-17)20-13-6-4-12(5-7-13)14(25)26;/h4-7,14,19,25-28H,3,8-11H2,1-2H3,(H,29,30,31)(H2,18,20,21,22,23);1H2. The van der Waals surface area contributed by atoms with E-state index in [1.165, 1.54) is 12.1 Å². The van der Waals surface area contributed by atoms with Crippen molar-refractivity contribution in [2.75, 3.05) is 53.7 Å². The molecule has 0 aliphatic carbocycles. The van der Waals surface area contributed by atoms with Crippen molar-refractivity contribution in [2.45, 2.75) is 13.2 Å². The molecule has 0 saturated carbocycles. The molecule has 1 aromatic heterocycles. The molecule has 15 nitrogen and oxygen atoms in total. The Morgan fingerprint density at radius 2 is 1.62 bits per heavy atom. The van der Waals surface area contributed by atoms with Crippen molar-refractivity contribution in [1.29, 1.82) is 0 Å². The molecule has 2 rings (SSSR count). The van der Waals surface area contributed by atoms with E-state index < -0.39 is 32.9 Å². The molecule has 0 unspecified atom stereocenters. The van der Waals surface area contributed by atoms with Gasteiger partial charge in [-0.1, -0.05) is 12.1 Å². The molecule has 1 heterocycles. The van der Waals surface area contributed by atoms with Crippen LogP contribution >= 0.6 is 10.8 Å². The van der Waals surface area contributed by atoms with Crippen LogP contribution in [0.25, 0.3) is 0 Å². The third-order valence-corrected chi connectivity index (χ3v) is 6.45. The number of nitrogens with one attached hydrogen (secondary N) is 3. The van der Waals surface area contributed by atoms with Crippen LogP contribution in [0.2, 0.25) is 0 Å². The molecule has 0 saturated heterocycles. The maximum absolute atomic E-state index is 11.0. The molecule has 0 bridgehead atoms. The van der Waals surface area contributed by atoms with Crippen molar-refractivity contribution >= 4 is 44.4 Å². The van der Waals surface area contributed by atoms with Gasteiger partial charge in [0.2, 0.25) is 17.8 Å². The van der Waals surface area contributed by atoms with E-state index in [1.807, 2.05) is 0 Å².